The molecule has 0 aliphatic rings. The van der Waals surface area contributed by atoms with Crippen LogP contribution in [0.4, 0.5) is 5.69 Å². The second-order valence-corrected chi connectivity index (χ2v) is 4.51. The molecule has 1 heterocycles. The van der Waals surface area contributed by atoms with Crippen molar-refractivity contribution in [2.45, 2.75) is 6.92 Å². The maximum absolute atomic E-state index is 11.1. The second kappa shape index (κ2) is 5.64. The third-order valence-electron chi connectivity index (χ3n) is 2.11. The lowest BCUT2D eigenvalue weighted by Gasteiger charge is -2.10. The highest BCUT2D eigenvalue weighted by molar-refractivity contribution is 9.10. The topological polar surface area (TPSA) is 51.2 Å². The van der Waals surface area contributed by atoms with E-state index in [2.05, 4.69) is 26.2 Å². The smallest absolute Gasteiger partial charge is 0.221 e. The van der Waals surface area contributed by atoms with E-state index in [0.717, 1.165) is 4.47 Å². The monoisotopic (exact) mass is 306 g/mol. The summed E-state index contributed by atoms with van der Waals surface area (Å²) in [7, 11) is 0. The summed E-state index contributed by atoms with van der Waals surface area (Å²) in [5.41, 5.74) is 0.620. The maximum Gasteiger partial charge on any atom is 0.221 e. The SMILES string of the molecule is CC(=O)Nc1ccccc1Oc1ccc(Br)cn1. The van der Waals surface area contributed by atoms with Crippen LogP contribution in [0.1, 0.15) is 6.92 Å². The Kier molecular flexibility index (Phi) is 3.94. The molecule has 0 saturated heterocycles. The van der Waals surface area contributed by atoms with Gasteiger partial charge in [0, 0.05) is 23.7 Å². The molecule has 0 fully saturated rings. The number of hydrogen-bond donors (Lipinski definition) is 1. The van der Waals surface area contributed by atoms with Gasteiger partial charge >= 0.3 is 0 Å². The molecule has 1 N–H and O–H groups in total. The Bertz CT molecular complexity index is 555. The second-order valence-electron chi connectivity index (χ2n) is 3.59. The Morgan fingerprint density at radius 1 is 1.28 bits per heavy atom. The molecule has 1 amide bonds. The largest absolute Gasteiger partial charge is 0.437 e. The number of ether oxygens (including phenoxy) is 1. The van der Waals surface area contributed by atoms with Crippen LogP contribution in [-0.4, -0.2) is 10.9 Å². The fourth-order valence-corrected chi connectivity index (χ4v) is 1.62. The van der Waals surface area contributed by atoms with E-state index in [1.54, 1.807) is 24.4 Å². The predicted octanol–water partition coefficient (Wildman–Crippen LogP) is 3.59. The van der Waals surface area contributed by atoms with Crippen LogP contribution in [0.2, 0.25) is 0 Å². The van der Waals surface area contributed by atoms with Crippen molar-refractivity contribution in [3.63, 3.8) is 0 Å². The molecule has 0 saturated carbocycles. The zero-order chi connectivity index (χ0) is 13.0. The molecule has 0 aliphatic carbocycles. The zero-order valence-electron chi connectivity index (χ0n) is 9.68. The van der Waals surface area contributed by atoms with Gasteiger partial charge in [0.1, 0.15) is 0 Å². The molecular weight excluding hydrogens is 296 g/mol. The van der Waals surface area contributed by atoms with E-state index in [1.165, 1.54) is 6.92 Å². The maximum atomic E-state index is 11.1. The van der Waals surface area contributed by atoms with Crippen molar-refractivity contribution in [2.24, 2.45) is 0 Å². The number of pyridine rings is 1. The summed E-state index contributed by atoms with van der Waals surface area (Å²) in [5, 5.41) is 2.70. The number of carbonyl (C=O) groups is 1. The van der Waals surface area contributed by atoms with Gasteiger partial charge in [-0.2, -0.15) is 0 Å². The van der Waals surface area contributed by atoms with Crippen LogP contribution in [0, 0.1) is 0 Å². The van der Waals surface area contributed by atoms with Gasteiger partial charge in [-0.1, -0.05) is 12.1 Å². The zero-order valence-corrected chi connectivity index (χ0v) is 11.3. The highest BCUT2D eigenvalue weighted by atomic mass is 79.9. The van der Waals surface area contributed by atoms with Gasteiger partial charge < -0.3 is 10.1 Å². The van der Waals surface area contributed by atoms with Crippen LogP contribution in [0.15, 0.2) is 47.1 Å². The number of rotatable bonds is 3. The normalized spacial score (nSPS) is 9.89. The minimum absolute atomic E-state index is 0.144. The van der Waals surface area contributed by atoms with E-state index in [-0.39, 0.29) is 5.91 Å². The first-order chi connectivity index (χ1) is 8.65. The molecule has 18 heavy (non-hydrogen) atoms. The van der Waals surface area contributed by atoms with Gasteiger partial charge in [0.05, 0.1) is 5.69 Å². The van der Waals surface area contributed by atoms with Crippen LogP contribution in [0.5, 0.6) is 11.6 Å². The average molecular weight is 307 g/mol. The van der Waals surface area contributed by atoms with Gasteiger partial charge in [-0.3, -0.25) is 4.79 Å². The van der Waals surface area contributed by atoms with Crippen molar-refractivity contribution in [3.05, 3.63) is 47.1 Å². The lowest BCUT2D eigenvalue weighted by molar-refractivity contribution is -0.114. The van der Waals surface area contributed by atoms with Gasteiger partial charge in [0.2, 0.25) is 11.8 Å². The Labute approximate surface area is 113 Å². The average Bonchev–Trinajstić information content (AvgIpc) is 2.34. The number of para-hydroxylation sites is 2. The molecule has 2 aromatic rings. The van der Waals surface area contributed by atoms with Crippen molar-refractivity contribution >= 4 is 27.5 Å². The van der Waals surface area contributed by atoms with Crippen molar-refractivity contribution in [1.82, 2.24) is 4.98 Å². The van der Waals surface area contributed by atoms with Crippen molar-refractivity contribution in [3.8, 4) is 11.6 Å². The van der Waals surface area contributed by atoms with Gasteiger partial charge in [0.25, 0.3) is 0 Å². The molecule has 0 aliphatic heterocycles. The van der Waals surface area contributed by atoms with Gasteiger partial charge in [-0.05, 0) is 34.1 Å². The summed E-state index contributed by atoms with van der Waals surface area (Å²) < 4.78 is 6.50. The first-order valence-corrected chi connectivity index (χ1v) is 6.10. The first kappa shape index (κ1) is 12.6. The standard InChI is InChI=1S/C13H11BrN2O2/c1-9(17)16-11-4-2-3-5-12(11)18-13-7-6-10(14)8-15-13/h2-8H,1H3,(H,16,17). The number of aromatic nitrogens is 1. The molecule has 0 unspecified atom stereocenters. The number of nitrogens with zero attached hydrogens (tertiary/aromatic N) is 1. The Hall–Kier alpha value is -1.88. The van der Waals surface area contributed by atoms with Gasteiger partial charge in [0.15, 0.2) is 5.75 Å². The van der Waals surface area contributed by atoms with E-state index < -0.39 is 0 Å². The van der Waals surface area contributed by atoms with Crippen LogP contribution in [0.25, 0.3) is 0 Å². The minimum atomic E-state index is -0.144. The van der Waals surface area contributed by atoms with Crippen molar-refractivity contribution in [1.29, 1.82) is 0 Å². The summed E-state index contributed by atoms with van der Waals surface area (Å²) in [6.45, 7) is 1.45. The van der Waals surface area contributed by atoms with E-state index in [9.17, 15) is 4.79 Å². The molecule has 0 radical (unpaired) electrons. The number of benzene rings is 1. The summed E-state index contributed by atoms with van der Waals surface area (Å²) in [6.07, 6.45) is 1.65. The predicted molar refractivity (Wildman–Crippen MR) is 72.8 cm³/mol. The molecule has 4 nitrogen and oxygen atoms in total. The first-order valence-electron chi connectivity index (χ1n) is 5.31. The fourth-order valence-electron chi connectivity index (χ4n) is 1.38. The Morgan fingerprint density at radius 2 is 2.06 bits per heavy atom. The van der Waals surface area contributed by atoms with E-state index in [1.807, 2.05) is 18.2 Å². The van der Waals surface area contributed by atoms with Crippen molar-refractivity contribution < 1.29 is 9.53 Å². The third kappa shape index (κ3) is 3.30. The van der Waals surface area contributed by atoms with E-state index in [0.29, 0.717) is 17.3 Å². The number of amides is 1. The number of nitrogens with one attached hydrogen (secondary N) is 1. The fraction of sp³-hybridized carbons (Fsp3) is 0.0769. The molecule has 2 rings (SSSR count). The van der Waals surface area contributed by atoms with Crippen LogP contribution in [-0.2, 0) is 4.79 Å². The third-order valence-corrected chi connectivity index (χ3v) is 2.58. The van der Waals surface area contributed by atoms with Crippen LogP contribution in [0.3, 0.4) is 0 Å². The summed E-state index contributed by atoms with van der Waals surface area (Å²) >= 11 is 3.30. The lowest BCUT2D eigenvalue weighted by atomic mass is 10.3. The molecule has 5 heteroatoms. The highest BCUT2D eigenvalue weighted by Gasteiger charge is 2.06. The van der Waals surface area contributed by atoms with Gasteiger partial charge in [-0.25, -0.2) is 4.98 Å². The molecule has 0 spiro atoms. The molecule has 0 bridgehead atoms. The summed E-state index contributed by atoms with van der Waals surface area (Å²) in [5.74, 6) is 0.883. The summed E-state index contributed by atoms with van der Waals surface area (Å²) in [6, 6.07) is 10.8. The Balaban J connectivity index is 2.23. The highest BCUT2D eigenvalue weighted by Crippen LogP contribution is 2.28. The molecule has 0 atom stereocenters. The number of hydrogen-bond acceptors (Lipinski definition) is 3. The number of halogens is 1. The number of anilines is 1. The number of carbonyl (C=O) groups excluding carboxylic acids is 1. The summed E-state index contributed by atoms with van der Waals surface area (Å²) in [4.78, 5) is 15.2. The lowest BCUT2D eigenvalue weighted by Crippen LogP contribution is -2.06. The molecule has 1 aromatic carbocycles. The van der Waals surface area contributed by atoms with E-state index >= 15 is 0 Å². The molecule has 1 aromatic heterocycles. The Morgan fingerprint density at radius 3 is 2.72 bits per heavy atom. The van der Waals surface area contributed by atoms with Crippen LogP contribution >= 0.6 is 15.9 Å². The van der Waals surface area contributed by atoms with Gasteiger partial charge in [-0.15, -0.1) is 0 Å². The van der Waals surface area contributed by atoms with E-state index in [4.69, 9.17) is 4.74 Å². The molecular formula is C13H11BrN2O2. The van der Waals surface area contributed by atoms with Crippen LogP contribution < -0.4 is 10.1 Å². The van der Waals surface area contributed by atoms with Crippen molar-refractivity contribution in [2.75, 3.05) is 5.32 Å². The molecule has 92 valence electrons. The quantitative estimate of drug-likeness (QED) is 0.942. The minimum Gasteiger partial charge on any atom is -0.437 e.